The van der Waals surface area contributed by atoms with Crippen molar-refractivity contribution in [3.63, 3.8) is 0 Å². The standard InChI is InChI=1S/C12H22O4/c1-8(2)7-10(15-9(3)13)11(14)16-12(4,5)6/h8,10H,7H2,1-6H3/t10-/m1/s1. The SMILES string of the molecule is CC(=O)O[C@H](CC(C)C)C(=O)OC(C)(C)C. The molecule has 0 saturated heterocycles. The summed E-state index contributed by atoms with van der Waals surface area (Å²) in [5, 5.41) is 0. The summed E-state index contributed by atoms with van der Waals surface area (Å²) in [7, 11) is 0. The second kappa shape index (κ2) is 5.87. The number of rotatable bonds is 4. The summed E-state index contributed by atoms with van der Waals surface area (Å²) in [5.41, 5.74) is -0.563. The van der Waals surface area contributed by atoms with Gasteiger partial charge in [0, 0.05) is 6.92 Å². The van der Waals surface area contributed by atoms with Gasteiger partial charge >= 0.3 is 11.9 Å². The monoisotopic (exact) mass is 230 g/mol. The first-order chi connectivity index (χ1) is 7.11. The van der Waals surface area contributed by atoms with Crippen molar-refractivity contribution >= 4 is 11.9 Å². The van der Waals surface area contributed by atoms with Crippen LogP contribution in [0.2, 0.25) is 0 Å². The van der Waals surface area contributed by atoms with Crippen molar-refractivity contribution in [2.75, 3.05) is 0 Å². The molecule has 0 N–H and O–H groups in total. The molecule has 0 fully saturated rings. The highest BCUT2D eigenvalue weighted by atomic mass is 16.6. The van der Waals surface area contributed by atoms with Crippen LogP contribution in [0.5, 0.6) is 0 Å². The van der Waals surface area contributed by atoms with E-state index in [1.807, 2.05) is 13.8 Å². The Hall–Kier alpha value is -1.06. The van der Waals surface area contributed by atoms with Gasteiger partial charge in [-0.25, -0.2) is 4.79 Å². The number of esters is 2. The summed E-state index contributed by atoms with van der Waals surface area (Å²) in [5.74, 6) is -0.676. The third kappa shape index (κ3) is 7.26. The van der Waals surface area contributed by atoms with Crippen LogP contribution in [0.15, 0.2) is 0 Å². The van der Waals surface area contributed by atoms with Gasteiger partial charge in [0.1, 0.15) is 5.60 Å². The van der Waals surface area contributed by atoms with Crippen LogP contribution in [0.3, 0.4) is 0 Å². The number of ether oxygens (including phenoxy) is 2. The molecule has 4 nitrogen and oxygen atoms in total. The first-order valence-electron chi connectivity index (χ1n) is 5.52. The number of carbonyl (C=O) groups is 2. The van der Waals surface area contributed by atoms with Crippen LogP contribution in [0.4, 0.5) is 0 Å². The minimum absolute atomic E-state index is 0.261. The molecule has 0 aliphatic heterocycles. The van der Waals surface area contributed by atoms with Crippen LogP contribution >= 0.6 is 0 Å². The summed E-state index contributed by atoms with van der Waals surface area (Å²) in [6.45, 7) is 10.6. The number of hydrogen-bond acceptors (Lipinski definition) is 4. The summed E-state index contributed by atoms with van der Waals surface area (Å²) in [6, 6.07) is 0. The highest BCUT2D eigenvalue weighted by molar-refractivity contribution is 5.78. The van der Waals surface area contributed by atoms with Crippen molar-refractivity contribution in [1.29, 1.82) is 0 Å². The number of hydrogen-bond donors (Lipinski definition) is 0. The maximum absolute atomic E-state index is 11.7. The summed E-state index contributed by atoms with van der Waals surface area (Å²) >= 11 is 0. The molecule has 0 aromatic rings. The third-order valence-corrected chi connectivity index (χ3v) is 1.66. The molecule has 16 heavy (non-hydrogen) atoms. The fourth-order valence-electron chi connectivity index (χ4n) is 1.19. The van der Waals surface area contributed by atoms with E-state index in [1.54, 1.807) is 20.8 Å². The van der Waals surface area contributed by atoms with Crippen LogP contribution in [-0.4, -0.2) is 23.6 Å². The average molecular weight is 230 g/mol. The van der Waals surface area contributed by atoms with Gasteiger partial charge in [-0.1, -0.05) is 13.8 Å². The Balaban J connectivity index is 4.49. The fraction of sp³-hybridized carbons (Fsp3) is 0.833. The summed E-state index contributed by atoms with van der Waals surface area (Å²) in [6.07, 6.45) is -0.314. The fourth-order valence-corrected chi connectivity index (χ4v) is 1.19. The summed E-state index contributed by atoms with van der Waals surface area (Å²) in [4.78, 5) is 22.6. The maximum atomic E-state index is 11.7. The Morgan fingerprint density at radius 2 is 1.69 bits per heavy atom. The van der Waals surface area contributed by atoms with E-state index >= 15 is 0 Å². The normalized spacial score (nSPS) is 13.4. The highest BCUT2D eigenvalue weighted by Crippen LogP contribution is 2.15. The molecule has 0 aromatic heterocycles. The van der Waals surface area contributed by atoms with Crippen molar-refractivity contribution in [2.45, 2.75) is 59.7 Å². The van der Waals surface area contributed by atoms with E-state index in [1.165, 1.54) is 6.92 Å². The van der Waals surface area contributed by atoms with Gasteiger partial charge in [0.2, 0.25) is 0 Å². The Kier molecular flexibility index (Phi) is 5.48. The van der Waals surface area contributed by atoms with Crippen molar-refractivity contribution in [3.05, 3.63) is 0 Å². The minimum atomic E-state index is -0.795. The van der Waals surface area contributed by atoms with Crippen LogP contribution in [0.25, 0.3) is 0 Å². The molecule has 0 unspecified atom stereocenters. The molecule has 0 radical (unpaired) electrons. The van der Waals surface area contributed by atoms with Gasteiger partial charge < -0.3 is 9.47 Å². The lowest BCUT2D eigenvalue weighted by atomic mass is 10.1. The molecule has 0 aliphatic rings. The van der Waals surface area contributed by atoms with Gasteiger partial charge in [0.05, 0.1) is 0 Å². The van der Waals surface area contributed by atoms with E-state index in [4.69, 9.17) is 9.47 Å². The van der Waals surface area contributed by atoms with Crippen molar-refractivity contribution in [2.24, 2.45) is 5.92 Å². The van der Waals surface area contributed by atoms with Gasteiger partial charge in [-0.15, -0.1) is 0 Å². The molecular weight excluding hydrogens is 208 g/mol. The number of carbonyl (C=O) groups excluding carboxylic acids is 2. The second-order valence-corrected chi connectivity index (χ2v) is 5.26. The lowest BCUT2D eigenvalue weighted by molar-refractivity contribution is -0.175. The van der Waals surface area contributed by atoms with Gasteiger partial charge in [-0.3, -0.25) is 4.79 Å². The lowest BCUT2D eigenvalue weighted by Gasteiger charge is -2.24. The zero-order valence-electron chi connectivity index (χ0n) is 11.0. The van der Waals surface area contributed by atoms with Gasteiger partial charge in [-0.2, -0.15) is 0 Å². The van der Waals surface area contributed by atoms with E-state index in [2.05, 4.69) is 0 Å². The smallest absolute Gasteiger partial charge is 0.347 e. The average Bonchev–Trinajstić information content (AvgIpc) is 1.97. The van der Waals surface area contributed by atoms with Gasteiger partial charge in [-0.05, 0) is 33.1 Å². The van der Waals surface area contributed by atoms with E-state index in [-0.39, 0.29) is 5.92 Å². The van der Waals surface area contributed by atoms with Crippen molar-refractivity contribution in [1.82, 2.24) is 0 Å². The zero-order chi connectivity index (χ0) is 12.9. The predicted octanol–water partition coefficient (Wildman–Crippen LogP) is 2.31. The predicted molar refractivity (Wildman–Crippen MR) is 60.9 cm³/mol. The molecule has 1 atom stereocenters. The maximum Gasteiger partial charge on any atom is 0.347 e. The molecule has 4 heteroatoms. The zero-order valence-corrected chi connectivity index (χ0v) is 11.0. The Bertz CT molecular complexity index is 250. The van der Waals surface area contributed by atoms with E-state index in [9.17, 15) is 9.59 Å². The molecule has 0 rings (SSSR count). The van der Waals surface area contributed by atoms with Crippen LogP contribution in [0, 0.1) is 5.92 Å². The van der Waals surface area contributed by atoms with Gasteiger partial charge in [0.15, 0.2) is 6.10 Å². The van der Waals surface area contributed by atoms with Crippen molar-refractivity contribution < 1.29 is 19.1 Å². The van der Waals surface area contributed by atoms with Gasteiger partial charge in [0.25, 0.3) is 0 Å². The molecular formula is C12H22O4. The van der Waals surface area contributed by atoms with Crippen LogP contribution in [-0.2, 0) is 19.1 Å². The Morgan fingerprint density at radius 1 is 1.19 bits per heavy atom. The molecule has 0 saturated carbocycles. The van der Waals surface area contributed by atoms with E-state index in [0.717, 1.165) is 0 Å². The first kappa shape index (κ1) is 14.9. The Labute approximate surface area is 97.3 Å². The third-order valence-electron chi connectivity index (χ3n) is 1.66. The molecule has 0 spiro atoms. The second-order valence-electron chi connectivity index (χ2n) is 5.26. The largest absolute Gasteiger partial charge is 0.457 e. The molecule has 0 aromatic carbocycles. The van der Waals surface area contributed by atoms with E-state index < -0.39 is 23.6 Å². The van der Waals surface area contributed by atoms with Crippen LogP contribution in [0.1, 0.15) is 48.0 Å². The Morgan fingerprint density at radius 3 is 2.00 bits per heavy atom. The molecule has 0 bridgehead atoms. The summed E-state index contributed by atoms with van der Waals surface area (Å²) < 4.78 is 10.1. The molecule has 0 amide bonds. The molecule has 0 aliphatic carbocycles. The van der Waals surface area contributed by atoms with E-state index in [0.29, 0.717) is 6.42 Å². The quantitative estimate of drug-likeness (QED) is 0.695. The van der Waals surface area contributed by atoms with Crippen LogP contribution < -0.4 is 0 Å². The lowest BCUT2D eigenvalue weighted by Crippen LogP contribution is -2.35. The minimum Gasteiger partial charge on any atom is -0.457 e. The molecule has 0 heterocycles. The highest BCUT2D eigenvalue weighted by Gasteiger charge is 2.28. The first-order valence-corrected chi connectivity index (χ1v) is 5.52. The van der Waals surface area contributed by atoms with Crippen molar-refractivity contribution in [3.8, 4) is 0 Å². The molecule has 94 valence electrons. The topological polar surface area (TPSA) is 52.6 Å².